The van der Waals surface area contributed by atoms with E-state index in [0.29, 0.717) is 16.9 Å². The number of ether oxygens (including phenoxy) is 2. The fraction of sp³-hybridized carbons (Fsp3) is 0.462. The molecule has 1 aromatic carbocycles. The number of methoxy groups -OCH3 is 1. The first-order valence-electron chi connectivity index (χ1n) is 6.13. The molecule has 0 bridgehead atoms. The molecule has 20 heavy (non-hydrogen) atoms. The Morgan fingerprint density at radius 1 is 1.50 bits per heavy atom. The number of nitrogens with one attached hydrogen (secondary N) is 1. The van der Waals surface area contributed by atoms with E-state index in [0.717, 1.165) is 0 Å². The van der Waals surface area contributed by atoms with E-state index in [4.69, 9.17) is 10.5 Å². The molecule has 0 aromatic heterocycles. The fourth-order valence-electron chi connectivity index (χ4n) is 2.09. The van der Waals surface area contributed by atoms with Crippen molar-refractivity contribution in [3.63, 3.8) is 0 Å². The van der Waals surface area contributed by atoms with Crippen LogP contribution in [-0.2, 0) is 9.47 Å². The van der Waals surface area contributed by atoms with Crippen LogP contribution in [0, 0.1) is 5.92 Å². The molecule has 1 saturated heterocycles. The van der Waals surface area contributed by atoms with Crippen LogP contribution in [0.2, 0.25) is 0 Å². The van der Waals surface area contributed by atoms with E-state index in [1.165, 1.54) is 25.3 Å². The van der Waals surface area contributed by atoms with Gasteiger partial charge >= 0.3 is 5.97 Å². The number of anilines is 2. The van der Waals surface area contributed by atoms with Crippen LogP contribution in [0.1, 0.15) is 10.4 Å². The first-order valence-corrected chi connectivity index (χ1v) is 6.13. The van der Waals surface area contributed by atoms with Gasteiger partial charge in [-0.25, -0.2) is 13.6 Å². The van der Waals surface area contributed by atoms with Gasteiger partial charge in [-0.05, 0) is 18.2 Å². The van der Waals surface area contributed by atoms with Crippen molar-refractivity contribution in [1.82, 2.24) is 0 Å². The molecule has 2 rings (SSSR count). The van der Waals surface area contributed by atoms with Crippen LogP contribution in [0.4, 0.5) is 20.2 Å². The summed E-state index contributed by atoms with van der Waals surface area (Å²) in [6.07, 6.45) is -2.47. The Balaban J connectivity index is 2.18. The van der Waals surface area contributed by atoms with Crippen molar-refractivity contribution in [2.24, 2.45) is 5.92 Å². The van der Waals surface area contributed by atoms with E-state index in [1.54, 1.807) is 0 Å². The maximum atomic E-state index is 12.8. The molecule has 1 unspecified atom stereocenters. The number of carbonyl (C=O) groups excluding carboxylic acids is 1. The molecule has 3 N–H and O–H groups in total. The lowest BCUT2D eigenvalue weighted by Gasteiger charge is -2.20. The van der Waals surface area contributed by atoms with Gasteiger partial charge in [0.1, 0.15) is 0 Å². The molecule has 0 amide bonds. The van der Waals surface area contributed by atoms with Gasteiger partial charge in [0, 0.05) is 0 Å². The lowest BCUT2D eigenvalue weighted by atomic mass is 10.0. The minimum absolute atomic E-state index is 0.00588. The Morgan fingerprint density at radius 2 is 2.25 bits per heavy atom. The number of hydrogen-bond acceptors (Lipinski definition) is 5. The third-order valence-electron chi connectivity index (χ3n) is 3.26. The predicted molar refractivity (Wildman–Crippen MR) is 69.9 cm³/mol. The molecular weight excluding hydrogens is 270 g/mol. The van der Waals surface area contributed by atoms with E-state index in [-0.39, 0.29) is 13.2 Å². The lowest BCUT2D eigenvalue weighted by Crippen LogP contribution is -2.32. The van der Waals surface area contributed by atoms with Gasteiger partial charge in [0.25, 0.3) is 0 Å². The smallest absolute Gasteiger partial charge is 0.337 e. The lowest BCUT2D eigenvalue weighted by molar-refractivity contribution is 0.0599. The van der Waals surface area contributed by atoms with Crippen LogP contribution >= 0.6 is 0 Å². The molecule has 1 aliphatic rings. The summed E-state index contributed by atoms with van der Waals surface area (Å²) >= 11 is 0. The molecular formula is C13H16F2N2O3. The molecule has 5 nitrogen and oxygen atoms in total. The zero-order chi connectivity index (χ0) is 14.7. The topological polar surface area (TPSA) is 73.6 Å². The number of nitrogen functional groups attached to an aromatic ring is 1. The van der Waals surface area contributed by atoms with Crippen LogP contribution in [0.25, 0.3) is 0 Å². The van der Waals surface area contributed by atoms with Crippen molar-refractivity contribution in [1.29, 1.82) is 0 Å². The van der Waals surface area contributed by atoms with Gasteiger partial charge in [0.05, 0.1) is 49.2 Å². The van der Waals surface area contributed by atoms with Gasteiger partial charge in [-0.15, -0.1) is 0 Å². The number of alkyl halides is 2. The van der Waals surface area contributed by atoms with E-state index < -0.39 is 24.4 Å². The van der Waals surface area contributed by atoms with Gasteiger partial charge in [0.2, 0.25) is 6.43 Å². The Labute approximate surface area is 115 Å². The van der Waals surface area contributed by atoms with E-state index >= 15 is 0 Å². The van der Waals surface area contributed by atoms with Crippen LogP contribution in [0.3, 0.4) is 0 Å². The summed E-state index contributed by atoms with van der Waals surface area (Å²) in [5.74, 6) is -1.41. The minimum Gasteiger partial charge on any atom is -0.465 e. The molecule has 1 aromatic rings. The van der Waals surface area contributed by atoms with Crippen molar-refractivity contribution in [3.8, 4) is 0 Å². The summed E-state index contributed by atoms with van der Waals surface area (Å²) in [5, 5.41) is 2.92. The van der Waals surface area contributed by atoms with E-state index in [9.17, 15) is 13.6 Å². The highest BCUT2D eigenvalue weighted by molar-refractivity contribution is 5.92. The SMILES string of the molecule is COC(=O)c1ccc(N)c(NC2COC[C@@H]2C(F)F)c1. The number of halogens is 2. The molecule has 0 spiro atoms. The molecule has 7 heteroatoms. The van der Waals surface area contributed by atoms with Crippen LogP contribution < -0.4 is 11.1 Å². The van der Waals surface area contributed by atoms with Gasteiger partial charge in [0.15, 0.2) is 0 Å². The number of carbonyl (C=O) groups is 1. The molecule has 1 fully saturated rings. The van der Waals surface area contributed by atoms with Crippen molar-refractivity contribution in [2.75, 3.05) is 31.4 Å². The minimum atomic E-state index is -2.47. The van der Waals surface area contributed by atoms with Crippen molar-refractivity contribution in [2.45, 2.75) is 12.5 Å². The van der Waals surface area contributed by atoms with Crippen LogP contribution in [0.15, 0.2) is 18.2 Å². The first kappa shape index (κ1) is 14.5. The molecule has 0 aliphatic carbocycles. The highest BCUT2D eigenvalue weighted by Crippen LogP contribution is 2.28. The van der Waals surface area contributed by atoms with Gasteiger partial charge in [-0.1, -0.05) is 0 Å². The Hall–Kier alpha value is -1.89. The second-order valence-electron chi connectivity index (χ2n) is 4.58. The third-order valence-corrected chi connectivity index (χ3v) is 3.26. The zero-order valence-corrected chi connectivity index (χ0v) is 10.9. The summed E-state index contributed by atoms with van der Waals surface area (Å²) < 4.78 is 35.3. The first-order chi connectivity index (χ1) is 9.52. The Morgan fingerprint density at radius 3 is 2.90 bits per heavy atom. The normalized spacial score (nSPS) is 22.0. The second kappa shape index (κ2) is 6.04. The Kier molecular flexibility index (Phi) is 4.39. The van der Waals surface area contributed by atoms with Gasteiger partial charge < -0.3 is 20.5 Å². The standard InChI is InChI=1S/C13H16F2N2O3/c1-19-13(18)7-2-3-9(16)10(4-7)17-11-6-20-5-8(11)12(14)15/h2-4,8,11-12,17H,5-6,16H2,1H3/t8-,11?/m0/s1. The maximum absolute atomic E-state index is 12.8. The van der Waals surface area contributed by atoms with E-state index in [1.807, 2.05) is 0 Å². The average Bonchev–Trinajstić information content (AvgIpc) is 2.88. The summed E-state index contributed by atoms with van der Waals surface area (Å²) in [6.45, 7) is 0.183. The molecule has 0 radical (unpaired) electrons. The van der Waals surface area contributed by atoms with Crippen LogP contribution in [-0.4, -0.2) is 38.8 Å². The van der Waals surface area contributed by atoms with Crippen molar-refractivity contribution < 1.29 is 23.0 Å². The monoisotopic (exact) mass is 286 g/mol. The summed E-state index contributed by atoms with van der Waals surface area (Å²) in [6, 6.07) is 4.00. The quantitative estimate of drug-likeness (QED) is 0.651. The molecule has 110 valence electrons. The molecule has 2 atom stereocenters. The fourth-order valence-corrected chi connectivity index (χ4v) is 2.09. The van der Waals surface area contributed by atoms with Gasteiger partial charge in [-0.2, -0.15) is 0 Å². The largest absolute Gasteiger partial charge is 0.465 e. The van der Waals surface area contributed by atoms with Crippen molar-refractivity contribution >= 4 is 17.3 Å². The molecule has 1 heterocycles. The number of benzene rings is 1. The zero-order valence-electron chi connectivity index (χ0n) is 10.9. The third kappa shape index (κ3) is 2.98. The predicted octanol–water partition coefficient (Wildman–Crippen LogP) is 1.75. The summed E-state index contributed by atoms with van der Waals surface area (Å²) in [4.78, 5) is 11.5. The number of hydrogen-bond donors (Lipinski definition) is 2. The highest BCUT2D eigenvalue weighted by Gasteiger charge is 2.35. The highest BCUT2D eigenvalue weighted by atomic mass is 19.3. The maximum Gasteiger partial charge on any atom is 0.337 e. The second-order valence-corrected chi connectivity index (χ2v) is 4.58. The molecule has 1 aliphatic heterocycles. The van der Waals surface area contributed by atoms with E-state index in [2.05, 4.69) is 10.1 Å². The number of nitrogens with two attached hydrogens (primary N) is 1. The average molecular weight is 286 g/mol. The number of esters is 1. The van der Waals surface area contributed by atoms with Crippen molar-refractivity contribution in [3.05, 3.63) is 23.8 Å². The Bertz CT molecular complexity index is 497. The number of rotatable bonds is 4. The van der Waals surface area contributed by atoms with Crippen LogP contribution in [0.5, 0.6) is 0 Å². The van der Waals surface area contributed by atoms with Gasteiger partial charge in [-0.3, -0.25) is 0 Å². The molecule has 0 saturated carbocycles. The summed E-state index contributed by atoms with van der Waals surface area (Å²) in [7, 11) is 1.27. The summed E-state index contributed by atoms with van der Waals surface area (Å²) in [5.41, 5.74) is 6.89.